The van der Waals surface area contributed by atoms with Gasteiger partial charge in [-0.25, -0.2) is 4.79 Å². The van der Waals surface area contributed by atoms with E-state index in [1.54, 1.807) is 36.2 Å². The lowest BCUT2D eigenvalue weighted by molar-refractivity contribution is -0.126. The largest absolute Gasteiger partial charge is 0.333 e. The van der Waals surface area contributed by atoms with Crippen molar-refractivity contribution in [2.75, 3.05) is 20.1 Å². The molecule has 2 aliphatic heterocycles. The number of likely N-dealkylation sites (N-methyl/N-ethyl adjacent to an activating group) is 1. The molecule has 132 valence electrons. The first-order valence-electron chi connectivity index (χ1n) is 8.26. The molecule has 2 saturated heterocycles. The van der Waals surface area contributed by atoms with Gasteiger partial charge in [0, 0.05) is 19.2 Å². The highest BCUT2D eigenvalue weighted by Crippen LogP contribution is 2.21. The minimum atomic E-state index is -0.689. The number of hydrogen-bond acceptors (Lipinski definition) is 4. The van der Waals surface area contributed by atoms with E-state index in [2.05, 4.69) is 15.6 Å². The average Bonchev–Trinajstić information content (AvgIpc) is 2.97. The lowest BCUT2D eigenvalue weighted by atomic mass is 10.1. The molecular formula is C17H21N5O3. The number of urea groups is 1. The zero-order valence-electron chi connectivity index (χ0n) is 14.2. The zero-order valence-corrected chi connectivity index (χ0v) is 14.2. The molecule has 8 nitrogen and oxygen atoms in total. The number of Topliss-reactive ketones (excluding diaryl/α,β-unsaturated/α-hetero) is 1. The van der Waals surface area contributed by atoms with Crippen molar-refractivity contribution in [1.29, 1.82) is 0 Å². The Bertz CT molecular complexity index is 718. The van der Waals surface area contributed by atoms with Gasteiger partial charge < -0.3 is 15.1 Å². The zero-order chi connectivity index (χ0) is 18.0. The Hall–Kier alpha value is -2.90. The number of aliphatic imine (C=N–C) groups is 1. The molecule has 2 heterocycles. The van der Waals surface area contributed by atoms with Crippen LogP contribution in [-0.2, 0) is 4.79 Å². The number of nitrogens with zero attached hydrogens (tertiary/aromatic N) is 3. The van der Waals surface area contributed by atoms with Crippen molar-refractivity contribution in [1.82, 2.24) is 20.4 Å². The van der Waals surface area contributed by atoms with Crippen LogP contribution in [0.4, 0.5) is 4.79 Å². The number of nitrogens with one attached hydrogen (secondary N) is 2. The molecule has 2 aliphatic rings. The van der Waals surface area contributed by atoms with E-state index in [0.29, 0.717) is 18.1 Å². The summed E-state index contributed by atoms with van der Waals surface area (Å²) in [4.78, 5) is 44.3. The summed E-state index contributed by atoms with van der Waals surface area (Å²) in [6.45, 7) is 2.57. The Labute approximate surface area is 145 Å². The van der Waals surface area contributed by atoms with E-state index in [1.165, 1.54) is 4.90 Å². The predicted molar refractivity (Wildman–Crippen MR) is 92.1 cm³/mol. The molecule has 0 spiro atoms. The van der Waals surface area contributed by atoms with Crippen LogP contribution in [0, 0.1) is 0 Å². The molecule has 1 aromatic carbocycles. The maximum atomic E-state index is 12.6. The SMILES string of the molecule is CCCN=C1NC2C(C(=O)NC(=O)N2C)N1CC(=O)c1ccccc1. The van der Waals surface area contributed by atoms with Crippen LogP contribution in [0.2, 0.25) is 0 Å². The second-order valence-corrected chi connectivity index (χ2v) is 6.06. The van der Waals surface area contributed by atoms with E-state index in [1.807, 2.05) is 13.0 Å². The molecule has 25 heavy (non-hydrogen) atoms. The quantitative estimate of drug-likeness (QED) is 0.756. The summed E-state index contributed by atoms with van der Waals surface area (Å²) in [6.07, 6.45) is 0.294. The predicted octanol–water partition coefficient (Wildman–Crippen LogP) is 0.417. The second kappa shape index (κ2) is 6.92. The van der Waals surface area contributed by atoms with Gasteiger partial charge >= 0.3 is 6.03 Å². The fourth-order valence-electron chi connectivity index (χ4n) is 2.98. The molecule has 2 fully saturated rings. The summed E-state index contributed by atoms with van der Waals surface area (Å²) in [6, 6.07) is 7.75. The van der Waals surface area contributed by atoms with Gasteiger partial charge in [0.1, 0.15) is 6.17 Å². The topological polar surface area (TPSA) is 94.1 Å². The average molecular weight is 343 g/mol. The van der Waals surface area contributed by atoms with Crippen molar-refractivity contribution in [3.8, 4) is 0 Å². The molecule has 2 atom stereocenters. The number of ketones is 1. The van der Waals surface area contributed by atoms with E-state index < -0.39 is 24.1 Å². The van der Waals surface area contributed by atoms with Gasteiger partial charge in [0.25, 0.3) is 5.91 Å². The van der Waals surface area contributed by atoms with Gasteiger partial charge in [-0.2, -0.15) is 0 Å². The number of carbonyl (C=O) groups is 3. The number of hydrogen-bond donors (Lipinski definition) is 2. The van der Waals surface area contributed by atoms with Crippen molar-refractivity contribution < 1.29 is 14.4 Å². The molecule has 0 aliphatic carbocycles. The monoisotopic (exact) mass is 343 g/mol. The first-order valence-corrected chi connectivity index (χ1v) is 8.26. The number of imide groups is 1. The Morgan fingerprint density at radius 1 is 1.24 bits per heavy atom. The summed E-state index contributed by atoms with van der Waals surface area (Å²) in [5.74, 6) is -0.0689. The highest BCUT2D eigenvalue weighted by atomic mass is 16.2. The fourth-order valence-corrected chi connectivity index (χ4v) is 2.98. The van der Waals surface area contributed by atoms with Gasteiger partial charge in [0.2, 0.25) is 0 Å². The van der Waals surface area contributed by atoms with Gasteiger partial charge in [-0.15, -0.1) is 0 Å². The lowest BCUT2D eigenvalue weighted by Gasteiger charge is -2.35. The molecular weight excluding hydrogens is 322 g/mol. The van der Waals surface area contributed by atoms with E-state index in [4.69, 9.17) is 0 Å². The van der Waals surface area contributed by atoms with Crippen molar-refractivity contribution in [3.63, 3.8) is 0 Å². The van der Waals surface area contributed by atoms with Crippen LogP contribution in [0.25, 0.3) is 0 Å². The number of benzene rings is 1. The molecule has 0 bridgehead atoms. The molecule has 0 saturated carbocycles. The molecule has 0 aromatic heterocycles. The summed E-state index contributed by atoms with van der Waals surface area (Å²) in [5, 5.41) is 5.43. The number of carbonyl (C=O) groups excluding carboxylic acids is 3. The Morgan fingerprint density at radius 3 is 2.64 bits per heavy atom. The van der Waals surface area contributed by atoms with Gasteiger partial charge in [0.15, 0.2) is 17.8 Å². The maximum absolute atomic E-state index is 12.6. The summed E-state index contributed by atoms with van der Waals surface area (Å²) in [7, 11) is 1.60. The minimum Gasteiger partial charge on any atom is -0.333 e. The van der Waals surface area contributed by atoms with Crippen LogP contribution >= 0.6 is 0 Å². The minimum absolute atomic E-state index is 0.0101. The third kappa shape index (κ3) is 3.19. The lowest BCUT2D eigenvalue weighted by Crippen LogP contribution is -2.65. The number of rotatable bonds is 5. The third-order valence-corrected chi connectivity index (χ3v) is 4.32. The van der Waals surface area contributed by atoms with Crippen LogP contribution < -0.4 is 10.6 Å². The van der Waals surface area contributed by atoms with Crippen molar-refractivity contribution in [2.24, 2.45) is 4.99 Å². The molecule has 3 amide bonds. The smallest absolute Gasteiger partial charge is 0.325 e. The Balaban J connectivity index is 1.88. The number of fused-ring (bicyclic) bond motifs is 1. The second-order valence-electron chi connectivity index (χ2n) is 6.06. The van der Waals surface area contributed by atoms with Crippen LogP contribution in [-0.4, -0.2) is 65.8 Å². The van der Waals surface area contributed by atoms with E-state index in [0.717, 1.165) is 6.42 Å². The summed E-state index contributed by atoms with van der Waals surface area (Å²) < 4.78 is 0. The van der Waals surface area contributed by atoms with Crippen LogP contribution in [0.1, 0.15) is 23.7 Å². The van der Waals surface area contributed by atoms with E-state index >= 15 is 0 Å². The molecule has 8 heteroatoms. The van der Waals surface area contributed by atoms with Gasteiger partial charge in [-0.3, -0.25) is 19.9 Å². The molecule has 1 aromatic rings. The van der Waals surface area contributed by atoms with Crippen molar-refractivity contribution in [3.05, 3.63) is 35.9 Å². The van der Waals surface area contributed by atoms with E-state index in [9.17, 15) is 14.4 Å². The standard InChI is InChI=1S/C17H21N5O3/c1-3-9-18-16-19-14-13(15(24)20-17(25)21(14)2)22(16)10-12(23)11-7-5-4-6-8-11/h4-8,13-14H,3,9-10H2,1-2H3,(H,18,19)(H,20,24,25). The number of guanidine groups is 1. The summed E-state index contributed by atoms with van der Waals surface area (Å²) >= 11 is 0. The first-order chi connectivity index (χ1) is 12.0. The molecule has 0 radical (unpaired) electrons. The molecule has 2 unspecified atom stereocenters. The Morgan fingerprint density at radius 2 is 1.96 bits per heavy atom. The molecule has 2 N–H and O–H groups in total. The van der Waals surface area contributed by atoms with Gasteiger partial charge in [-0.05, 0) is 6.42 Å². The van der Waals surface area contributed by atoms with Crippen LogP contribution in [0.15, 0.2) is 35.3 Å². The maximum Gasteiger partial charge on any atom is 0.325 e. The number of amides is 3. The normalized spacial score (nSPS) is 24.2. The Kier molecular flexibility index (Phi) is 4.69. The first kappa shape index (κ1) is 16.9. The highest BCUT2D eigenvalue weighted by Gasteiger charge is 2.50. The van der Waals surface area contributed by atoms with Crippen molar-refractivity contribution >= 4 is 23.7 Å². The van der Waals surface area contributed by atoms with Crippen LogP contribution in [0.5, 0.6) is 0 Å². The molecule has 3 rings (SSSR count). The fraction of sp³-hybridized carbons (Fsp3) is 0.412. The van der Waals surface area contributed by atoms with Gasteiger partial charge in [-0.1, -0.05) is 37.3 Å². The van der Waals surface area contributed by atoms with Crippen LogP contribution in [0.3, 0.4) is 0 Å². The summed E-state index contributed by atoms with van der Waals surface area (Å²) in [5.41, 5.74) is 0.571. The third-order valence-electron chi connectivity index (χ3n) is 4.32. The van der Waals surface area contributed by atoms with E-state index in [-0.39, 0.29) is 12.3 Å². The highest BCUT2D eigenvalue weighted by molar-refractivity contribution is 6.06. The van der Waals surface area contributed by atoms with Crippen molar-refractivity contribution in [2.45, 2.75) is 25.6 Å². The van der Waals surface area contributed by atoms with Gasteiger partial charge in [0.05, 0.1) is 6.54 Å².